The van der Waals surface area contributed by atoms with E-state index in [0.29, 0.717) is 28.0 Å². The van der Waals surface area contributed by atoms with Crippen LogP contribution >= 0.6 is 0 Å². The highest BCUT2D eigenvalue weighted by molar-refractivity contribution is 6.01. The summed E-state index contributed by atoms with van der Waals surface area (Å²) in [6, 6.07) is 15.1. The molecular formula is C21H15F2N3O. The maximum atomic E-state index is 13.5. The number of hydrogen-bond donors (Lipinski definition) is 2. The summed E-state index contributed by atoms with van der Waals surface area (Å²) in [6.07, 6.45) is 5.39. The monoisotopic (exact) mass is 363 g/mol. The number of benzene rings is 2. The molecule has 134 valence electrons. The summed E-state index contributed by atoms with van der Waals surface area (Å²) in [7, 11) is 0. The quantitative estimate of drug-likeness (QED) is 0.495. The summed E-state index contributed by atoms with van der Waals surface area (Å²) in [6.45, 7) is 0. The minimum absolute atomic E-state index is 0.136. The first-order valence-electron chi connectivity index (χ1n) is 8.24. The van der Waals surface area contributed by atoms with E-state index >= 15 is 0 Å². The van der Waals surface area contributed by atoms with E-state index in [0.717, 1.165) is 17.7 Å². The van der Waals surface area contributed by atoms with Crippen molar-refractivity contribution in [2.24, 2.45) is 0 Å². The number of halogens is 2. The maximum Gasteiger partial charge on any atom is 0.215 e. The highest BCUT2D eigenvalue weighted by Crippen LogP contribution is 2.36. The van der Waals surface area contributed by atoms with E-state index in [1.807, 2.05) is 42.5 Å². The largest absolute Gasteiger partial charge is 0.436 e. The number of hydrogen-bond acceptors (Lipinski definition) is 4. The number of nitrogens with zero attached hydrogens (tertiary/aromatic N) is 1. The molecule has 0 radical (unpaired) electrons. The van der Waals surface area contributed by atoms with Crippen LogP contribution in [0.25, 0.3) is 23.1 Å². The zero-order valence-electron chi connectivity index (χ0n) is 14.1. The molecule has 0 saturated carbocycles. The van der Waals surface area contributed by atoms with Crippen LogP contribution in [0.4, 0.5) is 26.0 Å². The van der Waals surface area contributed by atoms with Crippen LogP contribution < -0.4 is 11.1 Å². The lowest BCUT2D eigenvalue weighted by Gasteiger charge is -2.05. The van der Waals surface area contributed by atoms with Crippen molar-refractivity contribution < 1.29 is 13.2 Å². The predicted octanol–water partition coefficient (Wildman–Crippen LogP) is 5.60. The van der Waals surface area contributed by atoms with Crippen molar-refractivity contribution in [3.8, 4) is 0 Å². The van der Waals surface area contributed by atoms with E-state index in [2.05, 4.69) is 10.3 Å². The van der Waals surface area contributed by atoms with Crippen molar-refractivity contribution in [3.05, 3.63) is 83.7 Å². The Bertz CT molecular complexity index is 1140. The fourth-order valence-corrected chi connectivity index (χ4v) is 2.77. The third-order valence-electron chi connectivity index (χ3n) is 4.08. The van der Waals surface area contributed by atoms with Crippen molar-refractivity contribution in [2.75, 3.05) is 11.1 Å². The SMILES string of the molecule is Nc1oc2c(/C=C/c3ccccc3)nccc2c1Nc1ccc(F)c(F)c1. The van der Waals surface area contributed by atoms with Gasteiger partial charge in [0.05, 0.1) is 5.39 Å². The molecule has 4 nitrogen and oxygen atoms in total. The number of pyridine rings is 1. The van der Waals surface area contributed by atoms with E-state index in [1.54, 1.807) is 12.3 Å². The third-order valence-corrected chi connectivity index (χ3v) is 4.08. The van der Waals surface area contributed by atoms with Crippen molar-refractivity contribution in [3.63, 3.8) is 0 Å². The zero-order valence-corrected chi connectivity index (χ0v) is 14.1. The van der Waals surface area contributed by atoms with Gasteiger partial charge in [0.1, 0.15) is 11.4 Å². The van der Waals surface area contributed by atoms with Gasteiger partial charge in [0.2, 0.25) is 5.88 Å². The molecule has 0 unspecified atom stereocenters. The highest BCUT2D eigenvalue weighted by atomic mass is 19.2. The van der Waals surface area contributed by atoms with Crippen molar-refractivity contribution in [1.82, 2.24) is 4.98 Å². The summed E-state index contributed by atoms with van der Waals surface area (Å²) in [5.41, 5.74) is 8.98. The first kappa shape index (κ1) is 16.8. The van der Waals surface area contributed by atoms with Gasteiger partial charge in [-0.15, -0.1) is 0 Å². The van der Waals surface area contributed by atoms with E-state index in [4.69, 9.17) is 10.2 Å². The molecule has 0 aliphatic heterocycles. The van der Waals surface area contributed by atoms with Crippen LogP contribution in [0.2, 0.25) is 0 Å². The lowest BCUT2D eigenvalue weighted by Crippen LogP contribution is -1.95. The Hall–Kier alpha value is -3.67. The number of nitrogen functional groups attached to an aromatic ring is 1. The first-order valence-corrected chi connectivity index (χ1v) is 8.24. The summed E-state index contributed by atoms with van der Waals surface area (Å²) in [5.74, 6) is -1.72. The fourth-order valence-electron chi connectivity index (χ4n) is 2.77. The van der Waals surface area contributed by atoms with E-state index in [1.165, 1.54) is 6.07 Å². The number of aromatic nitrogens is 1. The molecule has 2 aromatic heterocycles. The standard InChI is InChI=1S/C21H15F2N3O/c22-16-8-7-14(12-17(16)23)26-19-15-10-11-25-18(20(15)27-21(19)24)9-6-13-4-2-1-3-5-13/h1-12,26H,24H2/b9-6+. The molecule has 0 aliphatic rings. The molecule has 2 aromatic carbocycles. The van der Waals surface area contributed by atoms with Crippen molar-refractivity contribution >= 4 is 40.4 Å². The van der Waals surface area contributed by atoms with Gasteiger partial charge >= 0.3 is 0 Å². The van der Waals surface area contributed by atoms with Gasteiger partial charge in [-0.2, -0.15) is 0 Å². The topological polar surface area (TPSA) is 64.1 Å². The van der Waals surface area contributed by atoms with Crippen LogP contribution in [0.5, 0.6) is 0 Å². The third kappa shape index (κ3) is 3.37. The minimum atomic E-state index is -0.945. The molecule has 0 saturated heterocycles. The maximum absolute atomic E-state index is 13.5. The Labute approximate surface area is 154 Å². The molecule has 4 rings (SSSR count). The number of furan rings is 1. The Morgan fingerprint density at radius 2 is 1.78 bits per heavy atom. The molecular weight excluding hydrogens is 348 g/mol. The lowest BCUT2D eigenvalue weighted by molar-refractivity contribution is 0.509. The van der Waals surface area contributed by atoms with Gasteiger partial charge in [-0.1, -0.05) is 36.4 Å². The number of rotatable bonds is 4. The van der Waals surface area contributed by atoms with Crippen molar-refractivity contribution in [1.29, 1.82) is 0 Å². The Morgan fingerprint density at radius 3 is 2.56 bits per heavy atom. The molecule has 0 amide bonds. The molecule has 2 heterocycles. The van der Waals surface area contributed by atoms with Gasteiger partial charge in [-0.25, -0.2) is 8.78 Å². The molecule has 0 bridgehead atoms. The molecule has 0 aliphatic carbocycles. The second-order valence-corrected chi connectivity index (χ2v) is 5.91. The number of nitrogens with one attached hydrogen (secondary N) is 1. The van der Waals surface area contributed by atoms with E-state index in [-0.39, 0.29) is 5.88 Å². The fraction of sp³-hybridized carbons (Fsp3) is 0. The van der Waals surface area contributed by atoms with Gasteiger partial charge in [-0.3, -0.25) is 4.98 Å². The molecule has 6 heteroatoms. The lowest BCUT2D eigenvalue weighted by atomic mass is 10.1. The van der Waals surface area contributed by atoms with Crippen LogP contribution in [0, 0.1) is 11.6 Å². The van der Waals surface area contributed by atoms with Crippen LogP contribution in [0.1, 0.15) is 11.3 Å². The van der Waals surface area contributed by atoms with Gasteiger partial charge < -0.3 is 15.5 Å². The van der Waals surface area contributed by atoms with Crippen LogP contribution in [0.15, 0.2) is 65.2 Å². The smallest absolute Gasteiger partial charge is 0.215 e. The number of nitrogens with two attached hydrogens (primary N) is 1. The number of fused-ring (bicyclic) bond motifs is 1. The van der Waals surface area contributed by atoms with Gasteiger partial charge in [0.15, 0.2) is 17.2 Å². The van der Waals surface area contributed by atoms with E-state index in [9.17, 15) is 8.78 Å². The Balaban J connectivity index is 1.72. The number of anilines is 3. The van der Waals surface area contributed by atoms with Crippen LogP contribution in [-0.4, -0.2) is 4.98 Å². The second kappa shape index (κ2) is 6.92. The minimum Gasteiger partial charge on any atom is -0.436 e. The molecule has 3 N–H and O–H groups in total. The van der Waals surface area contributed by atoms with Gasteiger partial charge in [0, 0.05) is 18.0 Å². The Morgan fingerprint density at radius 1 is 0.963 bits per heavy atom. The second-order valence-electron chi connectivity index (χ2n) is 5.91. The molecule has 4 aromatic rings. The first-order chi connectivity index (χ1) is 13.1. The molecule has 0 spiro atoms. The summed E-state index contributed by atoms with van der Waals surface area (Å²) in [5, 5.41) is 3.68. The van der Waals surface area contributed by atoms with Crippen molar-refractivity contribution in [2.45, 2.75) is 0 Å². The predicted molar refractivity (Wildman–Crippen MR) is 103 cm³/mol. The summed E-state index contributed by atoms with van der Waals surface area (Å²) in [4.78, 5) is 4.34. The Kier molecular flexibility index (Phi) is 4.30. The molecule has 27 heavy (non-hydrogen) atoms. The normalized spacial score (nSPS) is 11.3. The average molecular weight is 363 g/mol. The van der Waals surface area contributed by atoms with E-state index < -0.39 is 11.6 Å². The zero-order chi connectivity index (χ0) is 18.8. The van der Waals surface area contributed by atoms with Gasteiger partial charge in [-0.05, 0) is 29.8 Å². The highest BCUT2D eigenvalue weighted by Gasteiger charge is 2.15. The summed E-state index contributed by atoms with van der Waals surface area (Å²) < 4.78 is 32.3. The van der Waals surface area contributed by atoms with Crippen LogP contribution in [-0.2, 0) is 0 Å². The summed E-state index contributed by atoms with van der Waals surface area (Å²) >= 11 is 0. The average Bonchev–Trinajstić information content (AvgIpc) is 3.00. The van der Waals surface area contributed by atoms with Crippen LogP contribution in [0.3, 0.4) is 0 Å². The molecule has 0 fully saturated rings. The van der Waals surface area contributed by atoms with Gasteiger partial charge in [0.25, 0.3) is 0 Å². The molecule has 0 atom stereocenters.